The highest BCUT2D eigenvalue weighted by molar-refractivity contribution is 7.81. The fourth-order valence-electron chi connectivity index (χ4n) is 4.90. The molecule has 1 aliphatic heterocycles. The second-order valence-electron chi connectivity index (χ2n) is 8.96. The Kier molecular flexibility index (Phi) is 7.93. The monoisotopic (exact) mass is 497 g/mol. The number of fused-ring (bicyclic) bond motifs is 1. The van der Waals surface area contributed by atoms with Gasteiger partial charge in [-0.1, -0.05) is 18.3 Å². The zero-order chi connectivity index (χ0) is 24.1. The van der Waals surface area contributed by atoms with Crippen LogP contribution in [-0.4, -0.2) is 52.6 Å². The second kappa shape index (κ2) is 10.9. The van der Waals surface area contributed by atoms with Crippen LogP contribution < -0.4 is 10.5 Å². The molecule has 0 saturated carbocycles. The van der Waals surface area contributed by atoms with Gasteiger partial charge in [-0.15, -0.1) is 11.3 Å². The molecule has 6 nitrogen and oxygen atoms in total. The molecule has 0 bridgehead atoms. The number of carbonyl (C=O) groups is 1. The molecule has 0 atom stereocenters. The summed E-state index contributed by atoms with van der Waals surface area (Å²) in [6.07, 6.45) is 5.31. The minimum atomic E-state index is -0.690. The van der Waals surface area contributed by atoms with E-state index in [9.17, 15) is 9.90 Å². The zero-order valence-corrected chi connectivity index (χ0v) is 21.1. The number of nitrogens with two attached hydrogens (primary N) is 1. The molecule has 0 unspecified atom stereocenters. The van der Waals surface area contributed by atoms with Crippen LogP contribution in [0, 0.1) is 5.41 Å². The van der Waals surface area contributed by atoms with Gasteiger partial charge in [0, 0.05) is 34.4 Å². The van der Waals surface area contributed by atoms with E-state index in [1.807, 2.05) is 41.9 Å². The van der Waals surface area contributed by atoms with Crippen LogP contribution in [0.15, 0.2) is 41.9 Å². The maximum absolute atomic E-state index is 12.4. The molecule has 1 aromatic carbocycles. The third-order valence-electron chi connectivity index (χ3n) is 7.01. The highest BCUT2D eigenvalue weighted by Crippen LogP contribution is 2.38. The third kappa shape index (κ3) is 5.30. The van der Waals surface area contributed by atoms with Gasteiger partial charge in [-0.25, -0.2) is 0 Å². The molecule has 180 valence electrons. The highest BCUT2D eigenvalue weighted by Gasteiger charge is 2.41. The standard InChI is InChI=1S/C26H31N3O3S2/c1-32-19-6-7-22-21(14-19)20(18(15-27)16-28-22)4-2-8-26(25(30)31)9-11-29(12-10-26)17-23(33)24-5-3-13-34-24/h3,5-7,13-14,16H,2,4,8-12,15,17,27H2,1H3,(H,30,31). The number of pyridine rings is 1. The minimum Gasteiger partial charge on any atom is -0.497 e. The first-order valence-corrected chi connectivity index (χ1v) is 12.9. The van der Waals surface area contributed by atoms with Gasteiger partial charge >= 0.3 is 5.97 Å². The SMILES string of the molecule is COc1ccc2ncc(CN)c(CCCC3(C(=O)O)CCN(CC(=S)c4cccs4)CC3)c2c1. The van der Waals surface area contributed by atoms with E-state index in [0.717, 1.165) is 70.0 Å². The first kappa shape index (κ1) is 24.7. The summed E-state index contributed by atoms with van der Waals surface area (Å²) in [6.45, 7) is 2.62. The van der Waals surface area contributed by atoms with Gasteiger partial charge in [0.15, 0.2) is 0 Å². The predicted octanol–water partition coefficient (Wildman–Crippen LogP) is 4.67. The minimum absolute atomic E-state index is 0.401. The van der Waals surface area contributed by atoms with Crippen molar-refractivity contribution >= 4 is 45.3 Å². The molecular weight excluding hydrogens is 466 g/mol. The lowest BCUT2D eigenvalue weighted by molar-refractivity contribution is -0.152. The van der Waals surface area contributed by atoms with E-state index in [-0.39, 0.29) is 0 Å². The van der Waals surface area contributed by atoms with E-state index in [4.69, 9.17) is 22.7 Å². The summed E-state index contributed by atoms with van der Waals surface area (Å²) in [5.41, 5.74) is 8.37. The van der Waals surface area contributed by atoms with Crippen molar-refractivity contribution in [1.82, 2.24) is 9.88 Å². The third-order valence-corrected chi connectivity index (χ3v) is 8.42. The maximum atomic E-state index is 12.4. The van der Waals surface area contributed by atoms with E-state index < -0.39 is 11.4 Å². The molecule has 1 saturated heterocycles. The Morgan fingerprint density at radius 1 is 1.32 bits per heavy atom. The van der Waals surface area contributed by atoms with Crippen molar-refractivity contribution in [2.24, 2.45) is 11.1 Å². The van der Waals surface area contributed by atoms with E-state index in [1.165, 1.54) is 0 Å². The number of benzene rings is 1. The fraction of sp³-hybridized carbons (Fsp3) is 0.423. The number of thiophene rings is 1. The lowest BCUT2D eigenvalue weighted by Gasteiger charge is -2.39. The Hall–Kier alpha value is -2.39. The van der Waals surface area contributed by atoms with Crippen LogP contribution in [0.1, 0.15) is 41.7 Å². The normalized spacial score (nSPS) is 15.9. The van der Waals surface area contributed by atoms with Crippen molar-refractivity contribution in [3.8, 4) is 5.75 Å². The number of likely N-dealkylation sites (tertiary alicyclic amines) is 1. The number of nitrogens with zero attached hydrogens (tertiary/aromatic N) is 2. The number of thiocarbonyl (C=S) groups is 1. The predicted molar refractivity (Wildman–Crippen MR) is 141 cm³/mol. The summed E-state index contributed by atoms with van der Waals surface area (Å²) in [5.74, 6) is 0.0906. The number of carboxylic acids is 1. The Labute approximate surface area is 209 Å². The van der Waals surface area contributed by atoms with Crippen LogP contribution >= 0.6 is 23.6 Å². The van der Waals surface area contributed by atoms with E-state index in [0.29, 0.717) is 25.8 Å². The maximum Gasteiger partial charge on any atom is 0.309 e. The average Bonchev–Trinajstić information content (AvgIpc) is 3.40. The Morgan fingerprint density at radius 3 is 2.76 bits per heavy atom. The second-order valence-corrected chi connectivity index (χ2v) is 10.4. The molecule has 3 N–H and O–H groups in total. The molecule has 2 aromatic heterocycles. The number of aliphatic carboxylic acids is 1. The smallest absolute Gasteiger partial charge is 0.309 e. The van der Waals surface area contributed by atoms with Crippen LogP contribution in [0.4, 0.5) is 0 Å². The summed E-state index contributed by atoms with van der Waals surface area (Å²) in [6, 6.07) is 9.91. The van der Waals surface area contributed by atoms with Gasteiger partial charge in [-0.2, -0.15) is 0 Å². The fourth-order valence-corrected chi connectivity index (χ4v) is 5.95. The molecule has 4 rings (SSSR count). The number of rotatable bonds is 10. The van der Waals surface area contributed by atoms with Gasteiger partial charge in [0.1, 0.15) is 5.75 Å². The van der Waals surface area contributed by atoms with E-state index in [2.05, 4.69) is 9.88 Å². The van der Waals surface area contributed by atoms with Crippen molar-refractivity contribution in [2.75, 3.05) is 26.7 Å². The molecule has 0 spiro atoms. The zero-order valence-electron chi connectivity index (χ0n) is 19.5. The molecule has 0 radical (unpaired) electrons. The number of hydrogen-bond acceptors (Lipinski definition) is 7. The molecule has 34 heavy (non-hydrogen) atoms. The number of ether oxygens (including phenoxy) is 1. The highest BCUT2D eigenvalue weighted by atomic mass is 32.1. The molecule has 1 fully saturated rings. The van der Waals surface area contributed by atoms with E-state index >= 15 is 0 Å². The molecule has 0 amide bonds. The van der Waals surface area contributed by atoms with Crippen LogP contribution in [0.2, 0.25) is 0 Å². The Balaban J connectivity index is 1.42. The number of aryl methyl sites for hydroxylation is 1. The van der Waals surface area contributed by atoms with Crippen molar-refractivity contribution < 1.29 is 14.6 Å². The number of carboxylic acid groups (broad SMARTS) is 1. The average molecular weight is 498 g/mol. The first-order valence-electron chi connectivity index (χ1n) is 11.6. The van der Waals surface area contributed by atoms with Gasteiger partial charge in [0.05, 0.1) is 18.0 Å². The van der Waals surface area contributed by atoms with Crippen molar-refractivity contribution in [2.45, 2.75) is 38.6 Å². The number of piperidine rings is 1. The van der Waals surface area contributed by atoms with Gasteiger partial charge in [-0.05, 0) is 86.0 Å². The summed E-state index contributed by atoms with van der Waals surface area (Å²) in [7, 11) is 1.65. The van der Waals surface area contributed by atoms with Gasteiger partial charge in [-0.3, -0.25) is 14.7 Å². The molecule has 8 heteroatoms. The Bertz CT molecular complexity index is 1150. The summed E-state index contributed by atoms with van der Waals surface area (Å²) in [4.78, 5) is 21.3. The number of hydrogen-bond donors (Lipinski definition) is 2. The molecule has 0 aliphatic carbocycles. The van der Waals surface area contributed by atoms with Gasteiger partial charge in [0.25, 0.3) is 0 Å². The lowest BCUT2D eigenvalue weighted by Crippen LogP contribution is -2.45. The van der Waals surface area contributed by atoms with Crippen LogP contribution in [0.5, 0.6) is 5.75 Å². The summed E-state index contributed by atoms with van der Waals surface area (Å²) < 4.78 is 5.41. The van der Waals surface area contributed by atoms with Gasteiger partial charge in [0.2, 0.25) is 0 Å². The van der Waals surface area contributed by atoms with Crippen LogP contribution in [-0.2, 0) is 17.8 Å². The first-order chi connectivity index (χ1) is 16.5. The molecular formula is C26H31N3O3S2. The van der Waals surface area contributed by atoms with Crippen molar-refractivity contribution in [3.63, 3.8) is 0 Å². The topological polar surface area (TPSA) is 88.7 Å². The molecule has 3 heterocycles. The summed E-state index contributed by atoms with van der Waals surface area (Å²) in [5, 5.41) is 13.2. The van der Waals surface area contributed by atoms with Crippen LogP contribution in [0.25, 0.3) is 10.9 Å². The molecule has 1 aliphatic rings. The largest absolute Gasteiger partial charge is 0.497 e. The number of methoxy groups -OCH3 is 1. The Morgan fingerprint density at radius 2 is 2.12 bits per heavy atom. The lowest BCUT2D eigenvalue weighted by atomic mass is 9.74. The van der Waals surface area contributed by atoms with Crippen molar-refractivity contribution in [1.29, 1.82) is 0 Å². The van der Waals surface area contributed by atoms with Crippen LogP contribution in [0.3, 0.4) is 0 Å². The van der Waals surface area contributed by atoms with E-state index in [1.54, 1.807) is 18.4 Å². The van der Waals surface area contributed by atoms with Crippen molar-refractivity contribution in [3.05, 3.63) is 57.9 Å². The quantitative estimate of drug-likeness (QED) is 0.311. The van der Waals surface area contributed by atoms with Gasteiger partial charge < -0.3 is 15.6 Å². The summed E-state index contributed by atoms with van der Waals surface area (Å²) >= 11 is 7.25. The molecule has 3 aromatic rings. The number of aromatic nitrogens is 1.